The molecule has 0 saturated carbocycles. The maximum atomic E-state index is 13.0. The van der Waals surface area contributed by atoms with Gasteiger partial charge in [0.15, 0.2) is 0 Å². The highest BCUT2D eigenvalue weighted by Gasteiger charge is 2.36. The Morgan fingerprint density at radius 3 is 2.32 bits per heavy atom. The van der Waals surface area contributed by atoms with Crippen LogP contribution in [0.15, 0.2) is 35.5 Å². The highest BCUT2D eigenvalue weighted by molar-refractivity contribution is 5.95. The molecule has 1 heterocycles. The Bertz CT molecular complexity index is 828. The average molecular weight is 430 g/mol. The normalized spacial score (nSPS) is 16.6. The molecular weight excluding hydrogens is 394 g/mol. The third-order valence-electron chi connectivity index (χ3n) is 4.93. The minimum atomic E-state index is -0.610. The van der Waals surface area contributed by atoms with E-state index < -0.39 is 12.0 Å². The van der Waals surface area contributed by atoms with Gasteiger partial charge in [0.2, 0.25) is 5.91 Å². The number of nitrogens with zero attached hydrogens (tertiary/aromatic N) is 1. The van der Waals surface area contributed by atoms with E-state index in [0.717, 1.165) is 12.0 Å². The third kappa shape index (κ3) is 6.57. The van der Waals surface area contributed by atoms with Gasteiger partial charge in [-0.15, -0.1) is 0 Å². The van der Waals surface area contributed by atoms with Crippen molar-refractivity contribution in [2.24, 2.45) is 11.8 Å². The summed E-state index contributed by atoms with van der Waals surface area (Å²) in [5.41, 5.74) is 2.47. The summed E-state index contributed by atoms with van der Waals surface area (Å²) in [5.74, 6) is 0.0153. The molecule has 1 aliphatic rings. The number of nitrogens with one attached hydrogen (secondary N) is 2. The van der Waals surface area contributed by atoms with E-state index in [1.165, 1.54) is 0 Å². The number of ether oxygens (including phenoxy) is 1. The number of rotatable bonds is 9. The van der Waals surface area contributed by atoms with Crippen LogP contribution >= 0.6 is 0 Å². The predicted molar refractivity (Wildman–Crippen MR) is 121 cm³/mol. The summed E-state index contributed by atoms with van der Waals surface area (Å²) in [6.07, 6.45) is 1.22. The van der Waals surface area contributed by atoms with Crippen molar-refractivity contribution in [2.45, 2.75) is 60.4 Å². The molecule has 0 bridgehead atoms. The summed E-state index contributed by atoms with van der Waals surface area (Å²) in [6, 6.07) is 6.34. The lowest BCUT2D eigenvalue weighted by molar-refractivity contribution is -0.140. The van der Waals surface area contributed by atoms with Crippen LogP contribution in [0.2, 0.25) is 0 Å². The quantitative estimate of drug-likeness (QED) is 0.561. The second-order valence-corrected chi connectivity index (χ2v) is 8.79. The lowest BCUT2D eigenvalue weighted by atomic mass is 9.94. The Hall–Kier alpha value is -2.83. The highest BCUT2D eigenvalue weighted by Crippen LogP contribution is 2.32. The smallest absolute Gasteiger partial charge is 0.338 e. The summed E-state index contributed by atoms with van der Waals surface area (Å²) in [5, 5.41) is 5.82. The second kappa shape index (κ2) is 11.0. The number of esters is 1. The van der Waals surface area contributed by atoms with Crippen molar-refractivity contribution in [1.29, 1.82) is 0 Å². The van der Waals surface area contributed by atoms with Crippen LogP contribution in [0.3, 0.4) is 0 Å². The van der Waals surface area contributed by atoms with E-state index in [0.29, 0.717) is 36.5 Å². The van der Waals surface area contributed by atoms with Crippen LogP contribution in [-0.2, 0) is 14.3 Å². The number of hydrogen-bond donors (Lipinski definition) is 2. The fraction of sp³-hybridized carbons (Fsp3) is 0.542. The third-order valence-corrected chi connectivity index (χ3v) is 4.93. The molecule has 7 nitrogen and oxygen atoms in total. The molecule has 1 aromatic carbocycles. The van der Waals surface area contributed by atoms with Gasteiger partial charge in [-0.1, -0.05) is 46.8 Å². The first-order chi connectivity index (χ1) is 14.6. The van der Waals surface area contributed by atoms with Gasteiger partial charge in [0.05, 0.1) is 18.2 Å². The Labute approximate surface area is 185 Å². The molecule has 1 atom stereocenters. The number of hydrogen-bond acceptors (Lipinski definition) is 4. The van der Waals surface area contributed by atoms with Crippen LogP contribution in [0.5, 0.6) is 0 Å². The molecule has 2 N–H and O–H groups in total. The Morgan fingerprint density at radius 2 is 1.77 bits per heavy atom. The van der Waals surface area contributed by atoms with Crippen LogP contribution in [0.25, 0.3) is 0 Å². The maximum Gasteiger partial charge on any atom is 0.338 e. The molecule has 0 radical (unpaired) electrons. The van der Waals surface area contributed by atoms with E-state index in [1.807, 2.05) is 46.8 Å². The van der Waals surface area contributed by atoms with Gasteiger partial charge in [0, 0.05) is 24.4 Å². The zero-order chi connectivity index (χ0) is 23.1. The number of urea groups is 1. The fourth-order valence-electron chi connectivity index (χ4n) is 3.45. The number of anilines is 1. The summed E-state index contributed by atoms with van der Waals surface area (Å²) in [7, 11) is 0. The number of carbonyl (C=O) groups excluding carboxylic acids is 3. The maximum absolute atomic E-state index is 13.0. The van der Waals surface area contributed by atoms with Crippen LogP contribution in [-0.4, -0.2) is 36.0 Å². The number of carbonyl (C=O) groups is 3. The van der Waals surface area contributed by atoms with Crippen molar-refractivity contribution >= 4 is 23.6 Å². The largest absolute Gasteiger partial charge is 0.462 e. The monoisotopic (exact) mass is 429 g/mol. The lowest BCUT2D eigenvalue weighted by Crippen LogP contribution is -2.48. The Kier molecular flexibility index (Phi) is 8.65. The molecule has 170 valence electrons. The summed E-state index contributed by atoms with van der Waals surface area (Å²) in [4.78, 5) is 39.3. The summed E-state index contributed by atoms with van der Waals surface area (Å²) >= 11 is 0. The number of amides is 3. The van der Waals surface area contributed by atoms with Crippen molar-refractivity contribution in [2.75, 3.05) is 18.5 Å². The zero-order valence-electron chi connectivity index (χ0n) is 19.5. The molecule has 31 heavy (non-hydrogen) atoms. The molecule has 0 saturated heterocycles. The Morgan fingerprint density at radius 1 is 1.13 bits per heavy atom. The fourth-order valence-corrected chi connectivity index (χ4v) is 3.45. The van der Waals surface area contributed by atoms with Gasteiger partial charge in [0.25, 0.3) is 0 Å². The molecule has 1 aliphatic heterocycles. The second-order valence-electron chi connectivity index (χ2n) is 8.79. The van der Waals surface area contributed by atoms with Crippen LogP contribution in [0.1, 0.15) is 66.0 Å². The first kappa shape index (κ1) is 24.4. The van der Waals surface area contributed by atoms with Crippen molar-refractivity contribution in [3.05, 3.63) is 41.1 Å². The summed E-state index contributed by atoms with van der Waals surface area (Å²) in [6.45, 7) is 12.5. The minimum absolute atomic E-state index is 0.0439. The first-order valence-electron chi connectivity index (χ1n) is 11.0. The van der Waals surface area contributed by atoms with E-state index in [1.54, 1.807) is 24.0 Å². The highest BCUT2D eigenvalue weighted by atomic mass is 16.5. The first-order valence-corrected chi connectivity index (χ1v) is 11.0. The van der Waals surface area contributed by atoms with Crippen molar-refractivity contribution in [3.63, 3.8) is 0 Å². The van der Waals surface area contributed by atoms with E-state index in [2.05, 4.69) is 10.6 Å². The molecule has 0 unspecified atom stereocenters. The van der Waals surface area contributed by atoms with Gasteiger partial charge in [-0.25, -0.2) is 9.59 Å². The summed E-state index contributed by atoms with van der Waals surface area (Å²) < 4.78 is 5.51. The molecule has 0 aromatic heterocycles. The zero-order valence-corrected chi connectivity index (χ0v) is 19.5. The van der Waals surface area contributed by atoms with Gasteiger partial charge in [-0.05, 0) is 42.9 Å². The van der Waals surface area contributed by atoms with Gasteiger partial charge >= 0.3 is 12.0 Å². The standard InChI is InChI=1S/C24H35N3O4/c1-7-12-27-17(6)21(23(29)31-14-16(4)5)22(26-24(27)30)18-8-10-19(11-9-18)25-20(28)13-15(2)3/h8-11,15-16,22H,7,12-14H2,1-6H3,(H,25,28)(H,26,30)/t22-/m0/s1. The molecule has 7 heteroatoms. The van der Waals surface area contributed by atoms with Gasteiger partial charge in [0.1, 0.15) is 0 Å². The van der Waals surface area contributed by atoms with E-state index in [-0.39, 0.29) is 23.8 Å². The van der Waals surface area contributed by atoms with Gasteiger partial charge < -0.3 is 15.4 Å². The van der Waals surface area contributed by atoms with E-state index >= 15 is 0 Å². The van der Waals surface area contributed by atoms with Gasteiger partial charge in [-0.2, -0.15) is 0 Å². The average Bonchev–Trinajstić information content (AvgIpc) is 2.68. The molecule has 0 spiro atoms. The minimum Gasteiger partial charge on any atom is -0.462 e. The van der Waals surface area contributed by atoms with Crippen molar-refractivity contribution in [3.8, 4) is 0 Å². The van der Waals surface area contributed by atoms with E-state index in [4.69, 9.17) is 4.74 Å². The molecule has 1 aromatic rings. The molecule has 3 amide bonds. The topological polar surface area (TPSA) is 87.7 Å². The Balaban J connectivity index is 2.32. The SMILES string of the molecule is CCCN1C(=O)N[C@@H](c2ccc(NC(=O)CC(C)C)cc2)C(C(=O)OCC(C)C)=C1C. The van der Waals surface area contributed by atoms with E-state index in [9.17, 15) is 14.4 Å². The van der Waals surface area contributed by atoms with Crippen LogP contribution in [0, 0.1) is 11.8 Å². The molecule has 2 rings (SSSR count). The van der Waals surface area contributed by atoms with Gasteiger partial charge in [-0.3, -0.25) is 9.69 Å². The predicted octanol–water partition coefficient (Wildman–Crippen LogP) is 4.62. The molecule has 0 aliphatic carbocycles. The van der Waals surface area contributed by atoms with Crippen LogP contribution in [0.4, 0.5) is 10.5 Å². The number of benzene rings is 1. The number of allylic oxidation sites excluding steroid dienone is 1. The molecule has 0 fully saturated rings. The lowest BCUT2D eigenvalue weighted by Gasteiger charge is -2.35. The van der Waals surface area contributed by atoms with Crippen molar-refractivity contribution < 1.29 is 19.1 Å². The molecular formula is C24H35N3O4. The van der Waals surface area contributed by atoms with Crippen LogP contribution < -0.4 is 10.6 Å². The van der Waals surface area contributed by atoms with Crippen molar-refractivity contribution in [1.82, 2.24) is 10.2 Å².